The predicted molar refractivity (Wildman–Crippen MR) is 53.3 cm³/mol. The summed E-state index contributed by atoms with van der Waals surface area (Å²) in [5.41, 5.74) is 1.20. The largest absolute Gasteiger partial charge is 0.390 e. The van der Waals surface area contributed by atoms with Crippen LogP contribution in [0.15, 0.2) is 11.4 Å². The number of aliphatic hydroxyl groups excluding tert-OH is 1. The monoisotopic (exact) mass is 218 g/mol. The van der Waals surface area contributed by atoms with Crippen molar-refractivity contribution >= 4 is 22.9 Å². The van der Waals surface area contributed by atoms with Crippen LogP contribution in [0.3, 0.4) is 0 Å². The van der Waals surface area contributed by atoms with Crippen LogP contribution in [0.25, 0.3) is 0 Å². The second kappa shape index (κ2) is 3.96. The molecule has 1 aromatic rings. The molecule has 1 aliphatic heterocycles. The number of aliphatic hydroxyl groups is 1. The smallest absolute Gasteiger partial charge is 0.0931 e. The molecule has 72 valence electrons. The van der Waals surface area contributed by atoms with Crippen molar-refractivity contribution in [3.05, 3.63) is 21.3 Å². The molecule has 0 aliphatic carbocycles. The Morgan fingerprint density at radius 1 is 1.62 bits per heavy atom. The van der Waals surface area contributed by atoms with E-state index in [1.54, 1.807) is 0 Å². The van der Waals surface area contributed by atoms with Gasteiger partial charge < -0.3 is 9.84 Å². The van der Waals surface area contributed by atoms with E-state index in [1.165, 1.54) is 16.9 Å². The third-order valence-corrected chi connectivity index (χ3v) is 3.42. The molecule has 2 rings (SSSR count). The molecule has 0 aromatic carbocycles. The Bertz CT molecular complexity index is 287. The third kappa shape index (κ3) is 2.23. The zero-order chi connectivity index (χ0) is 9.26. The molecule has 0 bridgehead atoms. The van der Waals surface area contributed by atoms with E-state index in [2.05, 4.69) is 0 Å². The Balaban J connectivity index is 1.97. The van der Waals surface area contributed by atoms with Crippen LogP contribution in [-0.2, 0) is 11.2 Å². The van der Waals surface area contributed by atoms with E-state index in [0.29, 0.717) is 13.2 Å². The molecule has 13 heavy (non-hydrogen) atoms. The molecule has 2 atom stereocenters. The number of thiophene rings is 1. The SMILES string of the molecule is O[C@@H]1COC[C@H]1Cc1csc(Cl)c1. The van der Waals surface area contributed by atoms with Gasteiger partial charge >= 0.3 is 0 Å². The van der Waals surface area contributed by atoms with E-state index in [4.69, 9.17) is 16.3 Å². The van der Waals surface area contributed by atoms with Gasteiger partial charge in [0.25, 0.3) is 0 Å². The molecule has 2 nitrogen and oxygen atoms in total. The van der Waals surface area contributed by atoms with Crippen molar-refractivity contribution in [3.63, 3.8) is 0 Å². The van der Waals surface area contributed by atoms with Crippen molar-refractivity contribution in [1.29, 1.82) is 0 Å². The van der Waals surface area contributed by atoms with Crippen LogP contribution >= 0.6 is 22.9 Å². The lowest BCUT2D eigenvalue weighted by atomic mass is 9.99. The van der Waals surface area contributed by atoms with Crippen LogP contribution in [0.2, 0.25) is 4.34 Å². The highest BCUT2D eigenvalue weighted by atomic mass is 35.5. The number of halogens is 1. The summed E-state index contributed by atoms with van der Waals surface area (Å²) < 4.78 is 5.98. The molecule has 4 heteroatoms. The molecule has 1 aliphatic rings. The Morgan fingerprint density at radius 3 is 3.00 bits per heavy atom. The van der Waals surface area contributed by atoms with E-state index in [1.807, 2.05) is 11.4 Å². The molecule has 0 unspecified atom stereocenters. The first-order chi connectivity index (χ1) is 6.25. The van der Waals surface area contributed by atoms with Crippen molar-refractivity contribution in [2.45, 2.75) is 12.5 Å². The van der Waals surface area contributed by atoms with Gasteiger partial charge in [0.05, 0.1) is 23.7 Å². The van der Waals surface area contributed by atoms with Gasteiger partial charge in [-0.2, -0.15) is 0 Å². The predicted octanol–water partition coefficient (Wildman–Crippen LogP) is 1.95. The second-order valence-electron chi connectivity index (χ2n) is 3.33. The average Bonchev–Trinajstić information content (AvgIpc) is 2.64. The minimum Gasteiger partial charge on any atom is -0.390 e. The van der Waals surface area contributed by atoms with E-state index in [0.717, 1.165) is 10.8 Å². The topological polar surface area (TPSA) is 29.5 Å². The fourth-order valence-corrected chi connectivity index (χ4v) is 2.46. The molecule has 0 amide bonds. The van der Waals surface area contributed by atoms with E-state index in [-0.39, 0.29) is 12.0 Å². The third-order valence-electron chi connectivity index (χ3n) is 2.28. The highest BCUT2D eigenvalue weighted by Crippen LogP contribution is 2.25. The maximum Gasteiger partial charge on any atom is 0.0931 e. The molecular weight excluding hydrogens is 208 g/mol. The zero-order valence-corrected chi connectivity index (χ0v) is 8.64. The van der Waals surface area contributed by atoms with Crippen molar-refractivity contribution < 1.29 is 9.84 Å². The summed E-state index contributed by atoms with van der Waals surface area (Å²) in [6.07, 6.45) is 0.559. The van der Waals surface area contributed by atoms with Gasteiger partial charge in [-0.1, -0.05) is 11.6 Å². The lowest BCUT2D eigenvalue weighted by Gasteiger charge is -2.09. The molecule has 2 heterocycles. The second-order valence-corrected chi connectivity index (χ2v) is 4.87. The summed E-state index contributed by atoms with van der Waals surface area (Å²) in [5, 5.41) is 11.5. The molecule has 1 N–H and O–H groups in total. The van der Waals surface area contributed by atoms with Gasteiger partial charge in [0.2, 0.25) is 0 Å². The minimum absolute atomic E-state index is 0.241. The normalized spacial score (nSPS) is 28.2. The van der Waals surface area contributed by atoms with Gasteiger partial charge in [-0.25, -0.2) is 0 Å². The maximum absolute atomic E-state index is 9.50. The van der Waals surface area contributed by atoms with Crippen molar-refractivity contribution in [3.8, 4) is 0 Å². The fourth-order valence-electron chi connectivity index (χ4n) is 1.54. The molecule has 1 saturated heterocycles. The molecule has 0 spiro atoms. The van der Waals surface area contributed by atoms with E-state index in [9.17, 15) is 5.11 Å². The van der Waals surface area contributed by atoms with Gasteiger partial charge in [0, 0.05) is 5.92 Å². The van der Waals surface area contributed by atoms with E-state index >= 15 is 0 Å². The number of hydrogen-bond donors (Lipinski definition) is 1. The standard InChI is InChI=1S/C9H11ClO2S/c10-9-2-6(5-13-9)1-7-3-12-4-8(7)11/h2,5,7-8,11H,1,3-4H2/t7-,8-/m1/s1. The average molecular weight is 219 g/mol. The summed E-state index contributed by atoms with van der Waals surface area (Å²) in [4.78, 5) is 0. The maximum atomic E-state index is 9.50. The molecular formula is C9H11ClO2S. The van der Waals surface area contributed by atoms with Crippen LogP contribution in [0, 0.1) is 5.92 Å². The fraction of sp³-hybridized carbons (Fsp3) is 0.556. The van der Waals surface area contributed by atoms with Crippen molar-refractivity contribution in [2.24, 2.45) is 5.92 Å². The van der Waals surface area contributed by atoms with Crippen LogP contribution in [0.4, 0.5) is 0 Å². The van der Waals surface area contributed by atoms with Gasteiger partial charge in [0.15, 0.2) is 0 Å². The lowest BCUT2D eigenvalue weighted by molar-refractivity contribution is 0.118. The number of hydrogen-bond acceptors (Lipinski definition) is 3. The van der Waals surface area contributed by atoms with E-state index < -0.39 is 0 Å². The highest BCUT2D eigenvalue weighted by molar-refractivity contribution is 7.14. The summed E-state index contributed by atoms with van der Waals surface area (Å²) in [6.45, 7) is 1.14. The summed E-state index contributed by atoms with van der Waals surface area (Å²) in [5.74, 6) is 0.241. The first kappa shape index (κ1) is 9.46. The number of rotatable bonds is 2. The minimum atomic E-state index is -0.307. The van der Waals surface area contributed by atoms with Gasteiger partial charge in [0.1, 0.15) is 0 Å². The van der Waals surface area contributed by atoms with Crippen LogP contribution in [-0.4, -0.2) is 24.4 Å². The quantitative estimate of drug-likeness (QED) is 0.823. The Labute approximate surface area is 86.1 Å². The first-order valence-electron chi connectivity index (χ1n) is 4.24. The molecule has 1 aromatic heterocycles. The van der Waals surface area contributed by atoms with Gasteiger partial charge in [-0.15, -0.1) is 11.3 Å². The van der Waals surface area contributed by atoms with Crippen LogP contribution < -0.4 is 0 Å². The molecule has 1 fully saturated rings. The zero-order valence-electron chi connectivity index (χ0n) is 7.07. The Hall–Kier alpha value is -0.0900. The summed E-state index contributed by atoms with van der Waals surface area (Å²) in [7, 11) is 0. The number of ether oxygens (including phenoxy) is 1. The highest BCUT2D eigenvalue weighted by Gasteiger charge is 2.26. The molecule has 0 radical (unpaired) electrons. The summed E-state index contributed by atoms with van der Waals surface area (Å²) in [6, 6.07) is 1.96. The van der Waals surface area contributed by atoms with Gasteiger partial charge in [-0.05, 0) is 23.4 Å². The summed E-state index contributed by atoms with van der Waals surface area (Å²) >= 11 is 7.34. The Kier molecular flexibility index (Phi) is 2.89. The van der Waals surface area contributed by atoms with Crippen molar-refractivity contribution in [2.75, 3.05) is 13.2 Å². The lowest BCUT2D eigenvalue weighted by Crippen LogP contribution is -2.19. The Morgan fingerprint density at radius 2 is 2.46 bits per heavy atom. The molecule has 0 saturated carbocycles. The van der Waals surface area contributed by atoms with Crippen molar-refractivity contribution in [1.82, 2.24) is 0 Å². The van der Waals surface area contributed by atoms with Crippen LogP contribution in [0.1, 0.15) is 5.56 Å². The first-order valence-corrected chi connectivity index (χ1v) is 5.50. The van der Waals surface area contributed by atoms with Crippen LogP contribution in [0.5, 0.6) is 0 Å². The van der Waals surface area contributed by atoms with Gasteiger partial charge in [-0.3, -0.25) is 0 Å².